The van der Waals surface area contributed by atoms with E-state index in [-0.39, 0.29) is 67.0 Å². The van der Waals surface area contributed by atoms with Gasteiger partial charge in [0.15, 0.2) is 18.0 Å². The van der Waals surface area contributed by atoms with Gasteiger partial charge in [0, 0.05) is 47.7 Å². The number of carboxylic acid groups (broad SMARTS) is 1. The highest BCUT2D eigenvalue weighted by Crippen LogP contribution is 2.46. The second-order valence-electron chi connectivity index (χ2n) is 19.6. The summed E-state index contributed by atoms with van der Waals surface area (Å²) in [6.07, 6.45) is -8.15. The Bertz CT molecular complexity index is 3090. The molecule has 0 unspecified atom stereocenters. The monoisotopic (exact) mass is 1090 g/mol. The number of rotatable bonds is 20. The fraction of sp³-hybridized carbons (Fsp3) is 0.500. The molecule has 78 heavy (non-hydrogen) atoms. The predicted octanol–water partition coefficient (Wildman–Crippen LogP) is -3.31. The molecule has 9 atom stereocenters. The number of nitrogens with one attached hydrogen (secondary N) is 5. The second-order valence-corrected chi connectivity index (χ2v) is 19.6. The van der Waals surface area contributed by atoms with Gasteiger partial charge in [0.1, 0.15) is 62.7 Å². The van der Waals surface area contributed by atoms with Crippen LogP contribution in [0.5, 0.6) is 0 Å². The molecule has 0 spiro atoms. The van der Waals surface area contributed by atoms with Crippen molar-refractivity contribution < 1.29 is 92.0 Å². The van der Waals surface area contributed by atoms with E-state index in [1.807, 2.05) is 0 Å². The number of benzene rings is 1. The Morgan fingerprint density at radius 2 is 1.64 bits per heavy atom. The van der Waals surface area contributed by atoms with Gasteiger partial charge in [-0.15, -0.1) is 0 Å². The van der Waals surface area contributed by atoms with E-state index in [4.69, 9.17) is 23.9 Å². The van der Waals surface area contributed by atoms with Crippen molar-refractivity contribution in [3.63, 3.8) is 0 Å². The number of ether oxygens (including phenoxy) is 4. The first-order chi connectivity index (χ1) is 36.9. The van der Waals surface area contributed by atoms with Crippen LogP contribution in [0.2, 0.25) is 0 Å². The fourth-order valence-corrected chi connectivity index (χ4v) is 10.0. The molecule has 418 valence electrons. The van der Waals surface area contributed by atoms with Crippen LogP contribution in [0.3, 0.4) is 0 Å². The molecule has 0 saturated carbocycles. The Labute approximate surface area is 441 Å². The van der Waals surface area contributed by atoms with Gasteiger partial charge in [0.05, 0.1) is 41.7 Å². The minimum absolute atomic E-state index is 0.0225. The normalized spacial score (nSPS) is 23.7. The first-order valence-electron chi connectivity index (χ1n) is 24.9. The summed E-state index contributed by atoms with van der Waals surface area (Å²) in [7, 11) is 0. The van der Waals surface area contributed by atoms with E-state index in [0.29, 0.717) is 39.0 Å². The quantitative estimate of drug-likeness (QED) is 0.0179. The van der Waals surface area contributed by atoms with Crippen LogP contribution >= 0.6 is 0 Å². The zero-order chi connectivity index (χ0) is 56.7. The zero-order valence-electron chi connectivity index (χ0n) is 42.5. The minimum atomic E-state index is -2.11. The maximum absolute atomic E-state index is 15.5. The molecule has 8 rings (SSSR count). The molecule has 10 N–H and O–H groups in total. The van der Waals surface area contributed by atoms with E-state index in [9.17, 15) is 73.5 Å². The van der Waals surface area contributed by atoms with E-state index < -0.39 is 152 Å². The number of cyclic esters (lactones) is 1. The lowest BCUT2D eigenvalue weighted by Crippen LogP contribution is -2.61. The number of halogens is 1. The number of fused-ring (bicyclic) bond motifs is 5. The number of nitrogens with zero attached hydrogens (tertiary/aromatic N) is 3. The summed E-state index contributed by atoms with van der Waals surface area (Å²) in [6.45, 7) is 2.81. The van der Waals surface area contributed by atoms with Crippen LogP contribution in [0.25, 0.3) is 22.3 Å². The second kappa shape index (κ2) is 22.8. The number of hydrogen-bond donors (Lipinski definition) is 10. The van der Waals surface area contributed by atoms with E-state index >= 15 is 4.39 Å². The van der Waals surface area contributed by atoms with Crippen molar-refractivity contribution in [2.24, 2.45) is 5.92 Å². The molecule has 6 heterocycles. The number of aliphatic hydroxyl groups excluding tert-OH is 3. The van der Waals surface area contributed by atoms with Gasteiger partial charge < -0.3 is 75.6 Å². The maximum atomic E-state index is 15.5. The maximum Gasteiger partial charge on any atom is 0.343 e. The van der Waals surface area contributed by atoms with Gasteiger partial charge >= 0.3 is 11.9 Å². The number of carbonyl (C=O) groups excluding carboxylic acids is 8. The molecule has 27 nitrogen and oxygen atoms in total. The average Bonchev–Trinajstić information content (AvgIpc) is 4.11. The molecule has 1 fully saturated rings. The lowest BCUT2D eigenvalue weighted by molar-refractivity contribution is -0.294. The van der Waals surface area contributed by atoms with E-state index in [0.717, 1.165) is 12.2 Å². The van der Waals surface area contributed by atoms with Crippen LogP contribution in [-0.2, 0) is 87.3 Å². The third-order valence-corrected chi connectivity index (χ3v) is 14.3. The summed E-state index contributed by atoms with van der Waals surface area (Å²) in [5, 5.41) is 65.1. The molecule has 7 amide bonds. The number of pyridine rings is 2. The number of aromatic nitrogens is 2. The Kier molecular flexibility index (Phi) is 16.5. The van der Waals surface area contributed by atoms with Crippen LogP contribution in [0, 0.1) is 18.7 Å². The minimum Gasteiger partial charge on any atom is -0.479 e. The van der Waals surface area contributed by atoms with Crippen LogP contribution in [0.1, 0.15) is 79.5 Å². The van der Waals surface area contributed by atoms with Crippen molar-refractivity contribution >= 4 is 64.2 Å². The third-order valence-electron chi connectivity index (χ3n) is 14.3. The number of amides is 7. The predicted molar refractivity (Wildman–Crippen MR) is 260 cm³/mol. The highest BCUT2D eigenvalue weighted by Gasteiger charge is 2.49. The highest BCUT2D eigenvalue weighted by molar-refractivity contribution is 6.14. The van der Waals surface area contributed by atoms with E-state index in [2.05, 4.69) is 26.6 Å². The summed E-state index contributed by atoms with van der Waals surface area (Å²) in [5.74, 6) is -9.36. The van der Waals surface area contributed by atoms with Gasteiger partial charge in [-0.1, -0.05) is 20.8 Å². The summed E-state index contributed by atoms with van der Waals surface area (Å²) in [6, 6.07) is -1.07. The smallest absolute Gasteiger partial charge is 0.343 e. The average molecular weight is 1090 g/mol. The molecule has 5 aliphatic rings. The largest absolute Gasteiger partial charge is 0.479 e. The molecular formula is C50H57FN8O19. The molecule has 1 saturated heterocycles. The number of hydrogen-bond acceptors (Lipinski definition) is 19. The number of aliphatic carboxylic acids is 1. The highest BCUT2D eigenvalue weighted by atomic mass is 19.1. The first kappa shape index (κ1) is 56.6. The van der Waals surface area contributed by atoms with Crippen LogP contribution in [-0.4, -0.2) is 169 Å². The number of imide groups is 1. The van der Waals surface area contributed by atoms with Crippen molar-refractivity contribution in [2.45, 2.75) is 121 Å². The third kappa shape index (κ3) is 11.0. The molecule has 2 aromatic heterocycles. The fourth-order valence-electron chi connectivity index (χ4n) is 10.0. The summed E-state index contributed by atoms with van der Waals surface area (Å²) in [4.78, 5) is 134. The van der Waals surface area contributed by atoms with E-state index in [1.165, 1.54) is 16.7 Å². The number of esters is 1. The van der Waals surface area contributed by atoms with Crippen molar-refractivity contribution in [1.29, 1.82) is 0 Å². The van der Waals surface area contributed by atoms with Crippen molar-refractivity contribution in [3.05, 3.63) is 73.8 Å². The van der Waals surface area contributed by atoms with Gasteiger partial charge in [-0.2, -0.15) is 0 Å². The lowest BCUT2D eigenvalue weighted by Gasteiger charge is -2.38. The lowest BCUT2D eigenvalue weighted by atomic mass is 9.81. The molecule has 3 aromatic rings. The van der Waals surface area contributed by atoms with Crippen molar-refractivity contribution in [3.8, 4) is 11.4 Å². The number of carboxylic acids is 1. The van der Waals surface area contributed by atoms with Gasteiger partial charge in [0.2, 0.25) is 29.5 Å². The molecule has 28 heteroatoms. The first-order valence-corrected chi connectivity index (χ1v) is 24.9. The number of aryl methyl sites for hydroxylation is 1. The summed E-state index contributed by atoms with van der Waals surface area (Å²) >= 11 is 0. The summed E-state index contributed by atoms with van der Waals surface area (Å²) < 4.78 is 38.2. The number of aliphatic hydroxyl groups is 4. The molecule has 4 aliphatic heterocycles. The topological polar surface area (TPSA) is 390 Å². The van der Waals surface area contributed by atoms with Crippen molar-refractivity contribution in [2.75, 3.05) is 33.0 Å². The standard InChI is InChI=1S/C50H57FN8O19/c1-5-50(74)25-12-30-39-23(14-58(30)46(70)24(25)16-77-49(50)73)37-27(7-6-22-21(4)26(51)13-28(55-39)36(22)37)54-33(62)18-75-19-53-44(68)29(17-76-48-42(67)40(65)41(66)43(78-48)47(71)72)56-45(69)38(20(2)3)57-31(60)10-11-52-32(61)15-59-34(63)8-9-35(59)64/h8-9,12-13,20,27,29,38,40-43,48,65-67,74H,5-7,10-11,14-19H2,1-4H3,(H,52,61)(H,53,68)(H,54,62)(H,56,69)(H,57,60)(H,71,72)/t27-,29-,38-,40-,41-,42+,43-,48+,50-/m0/s1. The summed E-state index contributed by atoms with van der Waals surface area (Å²) in [5.41, 5.74) is 0.457. The van der Waals surface area contributed by atoms with Gasteiger partial charge in [-0.25, -0.2) is 19.0 Å². The Morgan fingerprint density at radius 3 is 2.32 bits per heavy atom. The molecule has 1 aliphatic carbocycles. The molecule has 1 aromatic carbocycles. The SMILES string of the molecule is CC[C@@]1(O)C(=O)OCc2c1cc1n(c2=O)Cc2c-1nc1cc(F)c(C)c3c1c2[C@@H](NC(=O)COCNC(=O)[C@H](CO[C@@H]1O[C@H](C(=O)O)[C@@H](O)[C@H](O)[C@H]1O)NC(=O)[C@@H](NC(=O)CCNC(=O)CN1C(=O)C=CC1=O)C(C)C)CC3. The molecule has 0 radical (unpaired) electrons. The van der Waals surface area contributed by atoms with Crippen molar-refractivity contribution in [1.82, 2.24) is 41.0 Å². The zero-order valence-corrected chi connectivity index (χ0v) is 42.5. The Balaban J connectivity index is 0.939. The van der Waals surface area contributed by atoms with Gasteiger partial charge in [-0.05, 0) is 54.9 Å². The van der Waals surface area contributed by atoms with E-state index in [1.54, 1.807) is 27.7 Å². The number of carbonyl (C=O) groups is 9. The Morgan fingerprint density at radius 1 is 0.923 bits per heavy atom. The molecular weight excluding hydrogens is 1040 g/mol. The van der Waals surface area contributed by atoms with Gasteiger partial charge in [0.25, 0.3) is 17.4 Å². The molecule has 0 bridgehead atoms. The van der Waals surface area contributed by atoms with Crippen LogP contribution in [0.4, 0.5) is 4.39 Å². The van der Waals surface area contributed by atoms with Crippen LogP contribution < -0.4 is 32.1 Å². The van der Waals surface area contributed by atoms with Crippen LogP contribution in [0.15, 0.2) is 29.1 Å². The van der Waals surface area contributed by atoms with Gasteiger partial charge in [-0.3, -0.25) is 43.3 Å². The Hall–Kier alpha value is -7.60.